The van der Waals surface area contributed by atoms with E-state index in [0.29, 0.717) is 12.6 Å². The third-order valence-corrected chi connectivity index (χ3v) is 4.39. The molecule has 0 amide bonds. The molecule has 21 heavy (non-hydrogen) atoms. The molecular weight excluding hydrogens is 282 g/mol. The van der Waals surface area contributed by atoms with Crippen molar-refractivity contribution in [2.24, 2.45) is 7.05 Å². The minimum absolute atomic E-state index is 0.336. The number of hydrogen-bond acceptors (Lipinski definition) is 4. The van der Waals surface area contributed by atoms with Crippen LogP contribution in [0.4, 0.5) is 0 Å². The van der Waals surface area contributed by atoms with Gasteiger partial charge in [-0.05, 0) is 38.6 Å². The van der Waals surface area contributed by atoms with Crippen LogP contribution >= 0.6 is 11.8 Å². The fourth-order valence-corrected chi connectivity index (χ4v) is 2.98. The molecule has 0 fully saturated rings. The normalized spacial score (nSPS) is 12.4. The summed E-state index contributed by atoms with van der Waals surface area (Å²) in [5, 5.41) is 7.48. The molecule has 0 radical (unpaired) electrons. The van der Waals surface area contributed by atoms with Crippen molar-refractivity contribution in [2.45, 2.75) is 30.5 Å². The average molecular weight is 305 g/mol. The van der Waals surface area contributed by atoms with Gasteiger partial charge in [0, 0.05) is 35.5 Å². The number of thioether (sulfide) groups is 1. The van der Waals surface area contributed by atoms with Gasteiger partial charge in [0.1, 0.15) is 5.75 Å². The second-order valence-electron chi connectivity index (χ2n) is 4.95. The minimum atomic E-state index is 0.336. The molecule has 1 aromatic heterocycles. The van der Waals surface area contributed by atoms with Crippen molar-refractivity contribution in [3.63, 3.8) is 0 Å². The van der Waals surface area contributed by atoms with E-state index < -0.39 is 0 Å². The van der Waals surface area contributed by atoms with Gasteiger partial charge in [0.05, 0.1) is 12.8 Å². The van der Waals surface area contributed by atoms with Gasteiger partial charge in [0.15, 0.2) is 0 Å². The third-order valence-electron chi connectivity index (χ3n) is 3.39. The Morgan fingerprint density at radius 3 is 2.86 bits per heavy atom. The summed E-state index contributed by atoms with van der Waals surface area (Å²) < 4.78 is 7.57. The highest BCUT2D eigenvalue weighted by molar-refractivity contribution is 7.98. The molecular formula is C16H23N3OS. The van der Waals surface area contributed by atoms with Crippen molar-refractivity contribution in [3.8, 4) is 5.75 Å². The highest BCUT2D eigenvalue weighted by Gasteiger charge is 2.10. The van der Waals surface area contributed by atoms with E-state index in [1.54, 1.807) is 11.8 Å². The molecule has 4 nitrogen and oxygen atoms in total. The van der Waals surface area contributed by atoms with Gasteiger partial charge in [0.2, 0.25) is 0 Å². The van der Waals surface area contributed by atoms with E-state index in [4.69, 9.17) is 4.74 Å². The van der Waals surface area contributed by atoms with Gasteiger partial charge >= 0.3 is 0 Å². The van der Waals surface area contributed by atoms with Gasteiger partial charge in [-0.1, -0.05) is 6.07 Å². The average Bonchev–Trinajstić information content (AvgIpc) is 2.91. The van der Waals surface area contributed by atoms with Gasteiger partial charge in [-0.2, -0.15) is 5.10 Å². The lowest BCUT2D eigenvalue weighted by atomic mass is 10.1. The molecule has 114 valence electrons. The minimum Gasteiger partial charge on any atom is -0.494 e. The van der Waals surface area contributed by atoms with Gasteiger partial charge in [-0.15, -0.1) is 11.8 Å². The Morgan fingerprint density at radius 1 is 1.43 bits per heavy atom. The summed E-state index contributed by atoms with van der Waals surface area (Å²) in [6, 6.07) is 6.77. The fraction of sp³-hybridized carbons (Fsp3) is 0.438. The number of nitrogens with zero attached hydrogens (tertiary/aromatic N) is 2. The molecule has 1 atom stereocenters. The van der Waals surface area contributed by atoms with E-state index >= 15 is 0 Å². The summed E-state index contributed by atoms with van der Waals surface area (Å²) in [7, 11) is 3.91. The summed E-state index contributed by atoms with van der Waals surface area (Å²) >= 11 is 1.78. The SMILES string of the molecule is CCOc1ccc(C(C)NC)cc1CSc1cnn(C)c1. The first-order chi connectivity index (χ1) is 10.1. The number of ether oxygens (including phenoxy) is 1. The zero-order chi connectivity index (χ0) is 15.2. The largest absolute Gasteiger partial charge is 0.494 e. The molecule has 0 aliphatic rings. The third kappa shape index (κ3) is 4.25. The van der Waals surface area contributed by atoms with Crippen LogP contribution in [-0.4, -0.2) is 23.4 Å². The van der Waals surface area contributed by atoms with Crippen LogP contribution in [0.1, 0.15) is 31.0 Å². The van der Waals surface area contributed by atoms with Crippen LogP contribution in [-0.2, 0) is 12.8 Å². The van der Waals surface area contributed by atoms with E-state index in [2.05, 4.69) is 35.5 Å². The van der Waals surface area contributed by atoms with Crippen LogP contribution in [0, 0.1) is 0 Å². The van der Waals surface area contributed by atoms with Crippen LogP contribution in [0.15, 0.2) is 35.5 Å². The molecule has 0 aliphatic carbocycles. The number of rotatable bonds is 7. The second-order valence-corrected chi connectivity index (χ2v) is 6.00. The fourth-order valence-electron chi connectivity index (χ4n) is 2.08. The standard InChI is InChI=1S/C16H23N3OS/c1-5-20-16-7-6-13(12(2)17-3)8-14(16)11-21-15-9-18-19(4)10-15/h6-10,12,17H,5,11H2,1-4H3. The predicted molar refractivity (Wildman–Crippen MR) is 87.9 cm³/mol. The van der Waals surface area contributed by atoms with Crippen molar-refractivity contribution in [3.05, 3.63) is 41.7 Å². The molecule has 2 rings (SSSR count). The topological polar surface area (TPSA) is 39.1 Å². The van der Waals surface area contributed by atoms with E-state index in [-0.39, 0.29) is 0 Å². The highest BCUT2D eigenvalue weighted by atomic mass is 32.2. The summed E-state index contributed by atoms with van der Waals surface area (Å²) in [6.45, 7) is 4.86. The maximum Gasteiger partial charge on any atom is 0.123 e. The van der Waals surface area contributed by atoms with Crippen LogP contribution in [0.25, 0.3) is 0 Å². The molecule has 0 saturated heterocycles. The van der Waals surface area contributed by atoms with Crippen molar-refractivity contribution in [2.75, 3.05) is 13.7 Å². The molecule has 2 aromatic rings. The molecule has 0 bridgehead atoms. The lowest BCUT2D eigenvalue weighted by molar-refractivity contribution is 0.337. The molecule has 0 saturated carbocycles. The number of nitrogens with one attached hydrogen (secondary N) is 1. The first-order valence-electron chi connectivity index (χ1n) is 7.18. The lowest BCUT2D eigenvalue weighted by Crippen LogP contribution is -2.12. The Morgan fingerprint density at radius 2 is 2.24 bits per heavy atom. The van der Waals surface area contributed by atoms with Crippen molar-refractivity contribution < 1.29 is 4.74 Å². The van der Waals surface area contributed by atoms with E-state index in [0.717, 1.165) is 11.5 Å². The smallest absolute Gasteiger partial charge is 0.123 e. The maximum atomic E-state index is 5.74. The zero-order valence-electron chi connectivity index (χ0n) is 13.1. The number of hydrogen-bond donors (Lipinski definition) is 1. The van der Waals surface area contributed by atoms with Gasteiger partial charge in [-0.3, -0.25) is 4.68 Å². The maximum absolute atomic E-state index is 5.74. The molecule has 5 heteroatoms. The monoisotopic (exact) mass is 305 g/mol. The Balaban J connectivity index is 2.17. The summed E-state index contributed by atoms with van der Waals surface area (Å²) in [5.74, 6) is 1.85. The molecule has 0 spiro atoms. The Labute approximate surface area is 130 Å². The van der Waals surface area contributed by atoms with Crippen molar-refractivity contribution in [1.29, 1.82) is 0 Å². The molecule has 1 N–H and O–H groups in total. The Kier molecular flexibility index (Phi) is 5.70. The van der Waals surface area contributed by atoms with E-state index in [1.165, 1.54) is 16.0 Å². The van der Waals surface area contributed by atoms with Crippen LogP contribution in [0.3, 0.4) is 0 Å². The molecule has 1 unspecified atom stereocenters. The Bertz CT molecular complexity index is 583. The quantitative estimate of drug-likeness (QED) is 0.796. The number of benzene rings is 1. The van der Waals surface area contributed by atoms with E-state index in [1.807, 2.05) is 38.1 Å². The lowest BCUT2D eigenvalue weighted by Gasteiger charge is -2.15. The summed E-state index contributed by atoms with van der Waals surface area (Å²) in [6.07, 6.45) is 3.93. The first kappa shape index (κ1) is 15.9. The number of aryl methyl sites for hydroxylation is 1. The predicted octanol–water partition coefficient (Wildman–Crippen LogP) is 3.39. The van der Waals surface area contributed by atoms with Crippen LogP contribution in [0.5, 0.6) is 5.75 Å². The molecule has 1 aromatic carbocycles. The summed E-state index contributed by atoms with van der Waals surface area (Å²) in [5.41, 5.74) is 2.51. The zero-order valence-corrected chi connectivity index (χ0v) is 13.9. The van der Waals surface area contributed by atoms with Gasteiger partial charge < -0.3 is 10.1 Å². The number of aromatic nitrogens is 2. The van der Waals surface area contributed by atoms with Crippen LogP contribution in [0.2, 0.25) is 0 Å². The molecule has 1 heterocycles. The van der Waals surface area contributed by atoms with Crippen molar-refractivity contribution >= 4 is 11.8 Å². The summed E-state index contributed by atoms with van der Waals surface area (Å²) in [4.78, 5) is 1.17. The Hall–Kier alpha value is -1.46. The highest BCUT2D eigenvalue weighted by Crippen LogP contribution is 2.30. The first-order valence-corrected chi connectivity index (χ1v) is 8.17. The molecule has 0 aliphatic heterocycles. The van der Waals surface area contributed by atoms with Gasteiger partial charge in [-0.25, -0.2) is 0 Å². The van der Waals surface area contributed by atoms with E-state index in [9.17, 15) is 0 Å². The van der Waals surface area contributed by atoms with Crippen molar-refractivity contribution in [1.82, 2.24) is 15.1 Å². The second kappa shape index (κ2) is 7.52. The van der Waals surface area contributed by atoms with Gasteiger partial charge in [0.25, 0.3) is 0 Å². The van der Waals surface area contributed by atoms with Crippen LogP contribution < -0.4 is 10.1 Å².